The molecule has 3 aliphatic heterocycles. The van der Waals surface area contributed by atoms with Gasteiger partial charge in [0.1, 0.15) is 17.9 Å². The largest absolute Gasteiger partial charge is 0.755 e. The Morgan fingerprint density at radius 1 is 1.26 bits per heavy atom. The lowest BCUT2D eigenvalue weighted by Gasteiger charge is -2.54. The molecule has 0 radical (unpaired) electrons. The van der Waals surface area contributed by atoms with E-state index in [9.17, 15) is 17.9 Å². The van der Waals surface area contributed by atoms with E-state index < -0.39 is 17.1 Å². The Hall–Kier alpha value is -3.24. The number of carbonyl (C=O) groups excluding carboxylic acids is 1. The number of ether oxygens (including phenoxy) is 2. The van der Waals surface area contributed by atoms with Crippen molar-refractivity contribution in [3.05, 3.63) is 52.5 Å². The minimum absolute atomic E-state index is 0.0622. The molecule has 3 aliphatic rings. The van der Waals surface area contributed by atoms with E-state index in [4.69, 9.17) is 9.47 Å². The van der Waals surface area contributed by atoms with Gasteiger partial charge in [-0.15, -0.1) is 11.3 Å². The SMILES string of the molecule is Cc1nc(N([C@@H]2CC[C@@H](CN3CCC4(CC3)CN(c3ncncc3Oc3ccc(F)cc3C(=O)N(C)C(C)C)C4)OC2)S(=O)[O-])cs1. The second-order valence-electron chi connectivity index (χ2n) is 13.1. The van der Waals surface area contributed by atoms with Crippen molar-refractivity contribution < 1.29 is 27.4 Å². The highest BCUT2D eigenvalue weighted by atomic mass is 32.2. The van der Waals surface area contributed by atoms with Gasteiger partial charge in [-0.1, -0.05) is 0 Å². The second kappa shape index (κ2) is 14.1. The Bertz CT molecular complexity index is 1590. The summed E-state index contributed by atoms with van der Waals surface area (Å²) in [6.45, 7) is 10.4. The number of hydrogen-bond donors (Lipinski definition) is 0. The Balaban J connectivity index is 1.01. The van der Waals surface area contributed by atoms with Crippen molar-refractivity contribution in [3.63, 3.8) is 0 Å². The lowest BCUT2D eigenvalue weighted by Crippen LogP contribution is -2.61. The van der Waals surface area contributed by atoms with Crippen LogP contribution in [0.2, 0.25) is 0 Å². The number of aromatic nitrogens is 3. The van der Waals surface area contributed by atoms with Gasteiger partial charge in [0.15, 0.2) is 17.4 Å². The molecule has 12 nitrogen and oxygen atoms in total. The summed E-state index contributed by atoms with van der Waals surface area (Å²) < 4.78 is 51.9. The summed E-state index contributed by atoms with van der Waals surface area (Å²) in [7, 11) is 1.68. The monoisotopic (exact) mass is 686 g/mol. The average Bonchev–Trinajstić information content (AvgIpc) is 3.46. The highest BCUT2D eigenvalue weighted by Crippen LogP contribution is 2.45. The van der Waals surface area contributed by atoms with Gasteiger partial charge < -0.3 is 28.7 Å². The lowest BCUT2D eigenvalue weighted by atomic mass is 9.72. The molecule has 3 atom stereocenters. The maximum atomic E-state index is 14.2. The normalized spacial score (nSPS) is 21.8. The van der Waals surface area contributed by atoms with Crippen molar-refractivity contribution in [1.82, 2.24) is 24.8 Å². The molecular formula is C32H41FN7O5S2-. The maximum absolute atomic E-state index is 14.2. The molecule has 2 aromatic heterocycles. The van der Waals surface area contributed by atoms with E-state index in [2.05, 4.69) is 24.8 Å². The molecule has 47 heavy (non-hydrogen) atoms. The van der Waals surface area contributed by atoms with E-state index in [1.807, 2.05) is 20.8 Å². The summed E-state index contributed by atoms with van der Waals surface area (Å²) in [6.07, 6.45) is 6.76. The van der Waals surface area contributed by atoms with Gasteiger partial charge in [-0.2, -0.15) is 0 Å². The molecule has 0 aliphatic carbocycles. The van der Waals surface area contributed by atoms with Crippen molar-refractivity contribution in [3.8, 4) is 11.5 Å². The maximum Gasteiger partial charge on any atom is 0.257 e. The van der Waals surface area contributed by atoms with Gasteiger partial charge in [0.25, 0.3) is 5.91 Å². The zero-order valence-corrected chi connectivity index (χ0v) is 28.8. The van der Waals surface area contributed by atoms with Crippen molar-refractivity contribution in [1.29, 1.82) is 0 Å². The summed E-state index contributed by atoms with van der Waals surface area (Å²) in [4.78, 5) is 32.3. The average molecular weight is 687 g/mol. The molecule has 1 unspecified atom stereocenters. The number of hydrogen-bond acceptors (Lipinski definition) is 11. The number of rotatable bonds is 10. The number of amides is 1. The predicted molar refractivity (Wildman–Crippen MR) is 177 cm³/mol. The highest BCUT2D eigenvalue weighted by molar-refractivity contribution is 7.80. The van der Waals surface area contributed by atoms with Gasteiger partial charge in [0.2, 0.25) is 0 Å². The molecule has 3 fully saturated rings. The third-order valence-corrected chi connectivity index (χ3v) is 11.1. The second-order valence-corrected chi connectivity index (χ2v) is 15.0. The van der Waals surface area contributed by atoms with Crippen LogP contribution in [0.3, 0.4) is 0 Å². The fraction of sp³-hybridized carbons (Fsp3) is 0.562. The van der Waals surface area contributed by atoms with Crippen LogP contribution < -0.4 is 13.9 Å². The van der Waals surface area contributed by atoms with Crippen molar-refractivity contribution >= 4 is 40.1 Å². The van der Waals surface area contributed by atoms with Crippen LogP contribution in [0.15, 0.2) is 36.1 Å². The van der Waals surface area contributed by atoms with E-state index in [1.165, 1.54) is 40.2 Å². The lowest BCUT2D eigenvalue weighted by molar-refractivity contribution is -0.0270. The summed E-state index contributed by atoms with van der Waals surface area (Å²) in [5, 5.41) is 2.61. The molecule has 15 heteroatoms. The first-order chi connectivity index (χ1) is 22.5. The Kier molecular flexibility index (Phi) is 10.1. The van der Waals surface area contributed by atoms with Gasteiger partial charge in [-0.25, -0.2) is 19.3 Å². The van der Waals surface area contributed by atoms with Crippen LogP contribution in [0.4, 0.5) is 16.0 Å². The summed E-state index contributed by atoms with van der Waals surface area (Å²) in [5.74, 6) is 0.959. The highest BCUT2D eigenvalue weighted by Gasteiger charge is 2.46. The number of nitrogens with zero attached hydrogens (tertiary/aromatic N) is 7. The van der Waals surface area contributed by atoms with Gasteiger partial charge >= 0.3 is 0 Å². The zero-order valence-electron chi connectivity index (χ0n) is 27.1. The van der Waals surface area contributed by atoms with E-state index >= 15 is 0 Å². The van der Waals surface area contributed by atoms with E-state index in [0.29, 0.717) is 24.0 Å². The Labute approximate surface area is 281 Å². The minimum atomic E-state index is -2.41. The van der Waals surface area contributed by atoms with Crippen LogP contribution in [0.5, 0.6) is 11.5 Å². The predicted octanol–water partition coefficient (Wildman–Crippen LogP) is 4.40. The molecule has 0 bridgehead atoms. The first-order valence-electron chi connectivity index (χ1n) is 16.0. The van der Waals surface area contributed by atoms with Crippen LogP contribution in [-0.2, 0) is 16.0 Å². The van der Waals surface area contributed by atoms with E-state index in [1.54, 1.807) is 23.5 Å². The van der Waals surface area contributed by atoms with Crippen LogP contribution in [0.1, 0.15) is 54.9 Å². The molecule has 254 valence electrons. The standard InChI is InChI=1S/C32H42FN7O5S2/c1-21(2)37(4)31(41)26-13-23(33)5-8-27(26)45-28-14-34-20-35-30(28)39-18-32(19-39)9-11-38(12-10-32)15-25-7-6-24(16-44-25)40(47(42)43)29-17-46-22(3)36-29/h5,8,13-14,17,20-21,24-25H,6-7,9-12,15-16,18-19H2,1-4H3,(H,42,43)/p-1/t24-,25+/m1/s1. The first-order valence-corrected chi connectivity index (χ1v) is 17.9. The van der Waals surface area contributed by atoms with Gasteiger partial charge in [0.05, 0.1) is 35.5 Å². The number of thiazole rings is 1. The molecule has 1 amide bonds. The van der Waals surface area contributed by atoms with Gasteiger partial charge in [-0.3, -0.25) is 13.3 Å². The third-order valence-electron chi connectivity index (χ3n) is 9.55. The summed E-state index contributed by atoms with van der Waals surface area (Å²) >= 11 is -0.973. The Morgan fingerprint density at radius 3 is 2.66 bits per heavy atom. The van der Waals surface area contributed by atoms with Crippen LogP contribution >= 0.6 is 11.3 Å². The van der Waals surface area contributed by atoms with Gasteiger partial charge in [0, 0.05) is 54.8 Å². The zero-order chi connectivity index (χ0) is 33.3. The molecular weight excluding hydrogens is 646 g/mol. The number of carbonyl (C=O) groups is 1. The molecule has 5 heterocycles. The smallest absolute Gasteiger partial charge is 0.257 e. The first kappa shape index (κ1) is 33.7. The molecule has 6 rings (SSSR count). The fourth-order valence-corrected chi connectivity index (χ4v) is 7.92. The number of benzene rings is 1. The molecule has 3 aromatic rings. The molecule has 0 N–H and O–H groups in total. The van der Waals surface area contributed by atoms with Crippen LogP contribution in [-0.4, -0.2) is 104 Å². The van der Waals surface area contributed by atoms with Gasteiger partial charge in [-0.05, 0) is 77.7 Å². The van der Waals surface area contributed by atoms with Crippen molar-refractivity contribution in [2.75, 3.05) is 55.6 Å². The van der Waals surface area contributed by atoms with Crippen molar-refractivity contribution in [2.24, 2.45) is 5.41 Å². The van der Waals surface area contributed by atoms with E-state index in [-0.39, 0.29) is 40.8 Å². The molecule has 0 saturated carbocycles. The number of anilines is 2. The number of halogens is 1. The Morgan fingerprint density at radius 2 is 2.02 bits per heavy atom. The van der Waals surface area contributed by atoms with E-state index in [0.717, 1.165) is 63.4 Å². The topological polar surface area (TPSA) is 127 Å². The van der Waals surface area contributed by atoms with Crippen molar-refractivity contribution in [2.45, 2.75) is 64.6 Å². The number of piperidine rings is 1. The summed E-state index contributed by atoms with van der Waals surface area (Å²) in [5.41, 5.74) is 0.326. The molecule has 1 spiro atoms. The number of likely N-dealkylation sites (tertiary alicyclic amines) is 1. The third kappa shape index (κ3) is 7.43. The quantitative estimate of drug-likeness (QED) is 0.283. The molecule has 3 saturated heterocycles. The number of aryl methyl sites for hydroxylation is 1. The fourth-order valence-electron chi connectivity index (χ4n) is 6.61. The molecule has 1 aromatic carbocycles. The van der Waals surface area contributed by atoms with Crippen LogP contribution in [0.25, 0.3) is 0 Å². The summed E-state index contributed by atoms with van der Waals surface area (Å²) in [6, 6.07) is 3.65. The minimum Gasteiger partial charge on any atom is -0.755 e. The van der Waals surface area contributed by atoms with Crippen LogP contribution in [0, 0.1) is 18.2 Å².